The van der Waals surface area contributed by atoms with Crippen LogP contribution in [-0.4, -0.2) is 50.0 Å². The molecule has 196 valence electrons. The predicted molar refractivity (Wildman–Crippen MR) is 145 cm³/mol. The third-order valence-corrected chi connectivity index (χ3v) is 8.39. The van der Waals surface area contributed by atoms with Crippen LogP contribution < -0.4 is 9.62 Å². The molecule has 7 nitrogen and oxygen atoms in total. The number of carbonyl (C=O) groups excluding carboxylic acids is 2. The molecule has 1 atom stereocenters. The number of nitrogens with one attached hydrogen (secondary N) is 1. The number of halogens is 2. The van der Waals surface area contributed by atoms with Crippen LogP contribution in [0.3, 0.4) is 0 Å². The molecule has 1 aliphatic carbocycles. The fourth-order valence-corrected chi connectivity index (χ4v) is 5.93. The molecule has 0 unspecified atom stereocenters. The van der Waals surface area contributed by atoms with Gasteiger partial charge in [0.05, 0.1) is 11.9 Å². The van der Waals surface area contributed by atoms with Gasteiger partial charge in [0.15, 0.2) is 0 Å². The van der Waals surface area contributed by atoms with Gasteiger partial charge >= 0.3 is 0 Å². The lowest BCUT2D eigenvalue weighted by Crippen LogP contribution is -2.52. The summed E-state index contributed by atoms with van der Waals surface area (Å²) >= 11 is 12.8. The molecule has 2 aromatic rings. The number of carbonyl (C=O) groups is 2. The van der Waals surface area contributed by atoms with Crippen molar-refractivity contribution in [2.45, 2.75) is 65.1 Å². The van der Waals surface area contributed by atoms with Crippen LogP contribution in [0, 0.1) is 13.8 Å². The van der Waals surface area contributed by atoms with E-state index in [9.17, 15) is 18.0 Å². The molecule has 2 amide bonds. The molecule has 0 bridgehead atoms. The van der Waals surface area contributed by atoms with Crippen molar-refractivity contribution in [3.05, 3.63) is 63.1 Å². The van der Waals surface area contributed by atoms with Crippen molar-refractivity contribution in [3.8, 4) is 0 Å². The van der Waals surface area contributed by atoms with E-state index in [4.69, 9.17) is 23.2 Å². The van der Waals surface area contributed by atoms with Gasteiger partial charge in [0.2, 0.25) is 21.8 Å². The summed E-state index contributed by atoms with van der Waals surface area (Å²) in [5, 5.41) is 3.75. The molecule has 10 heteroatoms. The smallest absolute Gasteiger partial charge is 0.244 e. The molecule has 0 spiro atoms. The molecular weight excluding hydrogens is 521 g/mol. The Balaban J connectivity index is 1.95. The molecule has 1 saturated carbocycles. The molecule has 0 radical (unpaired) electrons. The Bertz CT molecular complexity index is 1210. The van der Waals surface area contributed by atoms with Gasteiger partial charge in [0, 0.05) is 28.2 Å². The highest BCUT2D eigenvalue weighted by atomic mass is 35.5. The van der Waals surface area contributed by atoms with Crippen LogP contribution in [0.2, 0.25) is 10.0 Å². The minimum absolute atomic E-state index is 0.0406. The average Bonchev–Trinajstić information content (AvgIpc) is 3.29. The van der Waals surface area contributed by atoms with Crippen LogP contribution >= 0.6 is 23.2 Å². The zero-order chi connectivity index (χ0) is 26.6. The van der Waals surface area contributed by atoms with E-state index < -0.39 is 28.5 Å². The van der Waals surface area contributed by atoms with Crippen LogP contribution in [0.25, 0.3) is 0 Å². The van der Waals surface area contributed by atoms with Gasteiger partial charge in [0.1, 0.15) is 12.6 Å². The second-order valence-corrected chi connectivity index (χ2v) is 12.2. The van der Waals surface area contributed by atoms with Crippen molar-refractivity contribution < 1.29 is 18.0 Å². The summed E-state index contributed by atoms with van der Waals surface area (Å²) in [6, 6.07) is 9.56. The summed E-state index contributed by atoms with van der Waals surface area (Å²) in [7, 11) is -3.80. The second-order valence-electron chi connectivity index (χ2n) is 9.45. The van der Waals surface area contributed by atoms with E-state index >= 15 is 0 Å². The Morgan fingerprint density at radius 3 is 2.25 bits per heavy atom. The van der Waals surface area contributed by atoms with Crippen molar-refractivity contribution in [2.75, 3.05) is 17.1 Å². The first-order valence-electron chi connectivity index (χ1n) is 12.0. The number of hydrogen-bond donors (Lipinski definition) is 1. The van der Waals surface area contributed by atoms with Crippen molar-refractivity contribution in [2.24, 2.45) is 0 Å². The number of anilines is 1. The largest absolute Gasteiger partial charge is 0.352 e. The number of aryl methyl sites for hydroxylation is 2. The number of hydrogen-bond acceptors (Lipinski definition) is 4. The molecule has 36 heavy (non-hydrogen) atoms. The fourth-order valence-electron chi connectivity index (χ4n) is 4.51. The molecule has 0 aromatic heterocycles. The number of amides is 2. The van der Waals surface area contributed by atoms with Gasteiger partial charge in [-0.1, -0.05) is 59.8 Å². The molecular formula is C26H33Cl2N3O4S. The van der Waals surface area contributed by atoms with Crippen molar-refractivity contribution in [1.29, 1.82) is 0 Å². The fraction of sp³-hybridized carbons (Fsp3) is 0.462. The molecule has 1 N–H and O–H groups in total. The van der Waals surface area contributed by atoms with Crippen LogP contribution in [0.4, 0.5) is 5.69 Å². The number of nitrogens with zero attached hydrogens (tertiary/aromatic N) is 2. The van der Waals surface area contributed by atoms with Crippen LogP contribution in [0.5, 0.6) is 0 Å². The average molecular weight is 555 g/mol. The molecule has 2 aromatic carbocycles. The molecule has 1 aliphatic rings. The van der Waals surface area contributed by atoms with Gasteiger partial charge in [-0.2, -0.15) is 0 Å². The van der Waals surface area contributed by atoms with E-state index in [1.807, 2.05) is 13.0 Å². The van der Waals surface area contributed by atoms with Gasteiger partial charge in [-0.3, -0.25) is 13.9 Å². The Hall–Kier alpha value is -2.29. The summed E-state index contributed by atoms with van der Waals surface area (Å²) in [6.07, 6.45) is 4.96. The zero-order valence-electron chi connectivity index (χ0n) is 21.1. The third-order valence-electron chi connectivity index (χ3n) is 6.56. The normalized spacial score (nSPS) is 14.9. The van der Waals surface area contributed by atoms with E-state index in [0.717, 1.165) is 47.4 Å². The summed E-state index contributed by atoms with van der Waals surface area (Å²) in [5.41, 5.74) is 2.60. The van der Waals surface area contributed by atoms with Crippen molar-refractivity contribution in [1.82, 2.24) is 10.2 Å². The highest BCUT2D eigenvalue weighted by molar-refractivity contribution is 7.92. The van der Waals surface area contributed by atoms with Gasteiger partial charge in [-0.05, 0) is 57.4 Å². The summed E-state index contributed by atoms with van der Waals surface area (Å²) < 4.78 is 26.6. The van der Waals surface area contributed by atoms with Crippen molar-refractivity contribution >= 4 is 50.7 Å². The highest BCUT2D eigenvalue weighted by Gasteiger charge is 2.32. The third kappa shape index (κ3) is 6.93. The lowest BCUT2D eigenvalue weighted by Gasteiger charge is -2.32. The Morgan fingerprint density at radius 2 is 1.69 bits per heavy atom. The molecule has 3 rings (SSSR count). The Morgan fingerprint density at radius 1 is 1.08 bits per heavy atom. The topological polar surface area (TPSA) is 86.8 Å². The monoisotopic (exact) mass is 553 g/mol. The maximum Gasteiger partial charge on any atom is 0.244 e. The Kier molecular flexibility index (Phi) is 9.30. The van der Waals surface area contributed by atoms with E-state index in [2.05, 4.69) is 5.32 Å². The predicted octanol–water partition coefficient (Wildman–Crippen LogP) is 4.85. The first-order chi connectivity index (χ1) is 16.9. The molecule has 0 heterocycles. The first-order valence-corrected chi connectivity index (χ1v) is 14.6. The SMILES string of the molecule is Cc1ccc(N(CC(=O)N(Cc2c(Cl)cccc2Cl)[C@H](C)C(=O)NC2CCCC2)S(C)(=O)=O)c(C)c1. The summed E-state index contributed by atoms with van der Waals surface area (Å²) in [5.74, 6) is -0.832. The summed E-state index contributed by atoms with van der Waals surface area (Å²) in [4.78, 5) is 28.2. The van der Waals surface area contributed by atoms with E-state index in [1.165, 1.54) is 4.90 Å². The maximum absolute atomic E-state index is 13.7. The number of rotatable bonds is 9. The van der Waals surface area contributed by atoms with E-state index in [0.29, 0.717) is 21.3 Å². The van der Waals surface area contributed by atoms with Gasteiger partial charge < -0.3 is 10.2 Å². The standard InChI is InChI=1S/C26H33Cl2N3O4S/c1-17-12-13-24(18(2)14-17)31(36(4,34)35)16-25(32)30(15-21-22(27)10-7-11-23(21)28)19(3)26(33)29-20-8-5-6-9-20/h7,10-14,19-20H,5-6,8-9,15-16H2,1-4H3,(H,29,33)/t19-/m1/s1. The lowest BCUT2D eigenvalue weighted by molar-refractivity contribution is -0.139. The van der Waals surface area contributed by atoms with Gasteiger partial charge in [-0.15, -0.1) is 0 Å². The van der Waals surface area contributed by atoms with E-state index in [1.54, 1.807) is 44.2 Å². The van der Waals surface area contributed by atoms with Crippen LogP contribution in [0.15, 0.2) is 36.4 Å². The second kappa shape index (κ2) is 11.8. The zero-order valence-corrected chi connectivity index (χ0v) is 23.4. The number of sulfonamides is 1. The minimum Gasteiger partial charge on any atom is -0.352 e. The van der Waals surface area contributed by atoms with E-state index in [-0.39, 0.29) is 18.5 Å². The van der Waals surface area contributed by atoms with Gasteiger partial charge in [0.25, 0.3) is 0 Å². The quantitative estimate of drug-likeness (QED) is 0.480. The minimum atomic E-state index is -3.80. The Labute approximate surface area is 223 Å². The van der Waals surface area contributed by atoms with Crippen LogP contribution in [-0.2, 0) is 26.2 Å². The number of benzene rings is 2. The summed E-state index contributed by atoms with van der Waals surface area (Å²) in [6.45, 7) is 4.83. The maximum atomic E-state index is 13.7. The molecule has 0 saturated heterocycles. The molecule has 0 aliphatic heterocycles. The lowest BCUT2D eigenvalue weighted by atomic mass is 10.1. The first kappa shape index (κ1) is 28.3. The molecule has 1 fully saturated rings. The highest BCUT2D eigenvalue weighted by Crippen LogP contribution is 2.28. The van der Waals surface area contributed by atoms with Crippen LogP contribution in [0.1, 0.15) is 49.3 Å². The van der Waals surface area contributed by atoms with Crippen molar-refractivity contribution in [3.63, 3.8) is 0 Å². The van der Waals surface area contributed by atoms with Gasteiger partial charge in [-0.25, -0.2) is 8.42 Å².